The van der Waals surface area contributed by atoms with E-state index in [1.54, 1.807) is 11.3 Å². The van der Waals surface area contributed by atoms with Crippen molar-refractivity contribution in [1.29, 1.82) is 0 Å². The van der Waals surface area contributed by atoms with Crippen molar-refractivity contribution < 1.29 is 9.59 Å². The van der Waals surface area contributed by atoms with Gasteiger partial charge < -0.3 is 16.0 Å². The second-order valence-electron chi connectivity index (χ2n) is 5.42. The van der Waals surface area contributed by atoms with E-state index in [0.717, 1.165) is 0 Å². The molecule has 0 spiro atoms. The minimum absolute atomic E-state index is 0.0837. The third-order valence-corrected chi connectivity index (χ3v) is 4.75. The summed E-state index contributed by atoms with van der Waals surface area (Å²) in [6.45, 7) is 2.36. The lowest BCUT2D eigenvalue weighted by Crippen LogP contribution is -2.42. The fourth-order valence-corrected chi connectivity index (χ4v) is 3.66. The van der Waals surface area contributed by atoms with Crippen LogP contribution >= 0.6 is 11.3 Å². The number of hydrogen-bond acceptors (Lipinski definition) is 3. The van der Waals surface area contributed by atoms with E-state index in [-0.39, 0.29) is 18.0 Å². The Morgan fingerprint density at radius 3 is 2.62 bits per heavy atom. The molecule has 3 amide bonds. The van der Waals surface area contributed by atoms with E-state index in [1.807, 2.05) is 11.4 Å². The molecule has 5 nitrogen and oxygen atoms in total. The summed E-state index contributed by atoms with van der Waals surface area (Å²) in [7, 11) is 0. The number of nitrogens with one attached hydrogen (secondary N) is 3. The molecule has 1 aromatic rings. The first kappa shape index (κ1) is 15.8. The number of carbonyl (C=O) groups is 2. The Bertz CT molecular complexity index is 455. The molecule has 1 fully saturated rings. The van der Waals surface area contributed by atoms with Crippen LogP contribution in [0.5, 0.6) is 0 Å². The normalized spacial score (nSPS) is 16.4. The molecular formula is C15H23N3O2S. The summed E-state index contributed by atoms with van der Waals surface area (Å²) in [6, 6.07) is 4.06. The highest BCUT2D eigenvalue weighted by Gasteiger charge is 2.28. The second kappa shape index (κ2) is 8.02. The van der Waals surface area contributed by atoms with Gasteiger partial charge in [0.05, 0.1) is 6.04 Å². The van der Waals surface area contributed by atoms with Gasteiger partial charge in [0, 0.05) is 24.9 Å². The molecule has 1 aliphatic rings. The summed E-state index contributed by atoms with van der Waals surface area (Å²) in [6.07, 6.45) is 4.85. The fraction of sp³-hybridized carbons (Fsp3) is 0.600. The zero-order valence-corrected chi connectivity index (χ0v) is 13.2. The van der Waals surface area contributed by atoms with Gasteiger partial charge in [-0.05, 0) is 30.2 Å². The minimum Gasteiger partial charge on any atom is -0.355 e. The van der Waals surface area contributed by atoms with E-state index >= 15 is 0 Å². The van der Waals surface area contributed by atoms with Gasteiger partial charge in [-0.15, -0.1) is 11.3 Å². The van der Waals surface area contributed by atoms with Gasteiger partial charge in [0.25, 0.3) is 0 Å². The SMILES string of the molecule is CC(=O)NCCNC(=O)N[C@@H](c1cccs1)C1CCCC1. The molecule has 0 aliphatic heterocycles. The van der Waals surface area contributed by atoms with Crippen molar-refractivity contribution in [1.82, 2.24) is 16.0 Å². The molecule has 0 bridgehead atoms. The fourth-order valence-electron chi connectivity index (χ4n) is 2.79. The van der Waals surface area contributed by atoms with Crippen LogP contribution in [0.1, 0.15) is 43.5 Å². The van der Waals surface area contributed by atoms with Crippen molar-refractivity contribution in [3.8, 4) is 0 Å². The van der Waals surface area contributed by atoms with Gasteiger partial charge >= 0.3 is 6.03 Å². The van der Waals surface area contributed by atoms with Crippen LogP contribution in [0.15, 0.2) is 17.5 Å². The molecule has 6 heteroatoms. The standard InChI is InChI=1S/C15H23N3O2S/c1-11(19)16-8-9-17-15(20)18-14(12-5-2-3-6-12)13-7-4-10-21-13/h4,7,10,12,14H,2-3,5-6,8-9H2,1H3,(H,16,19)(H2,17,18,20)/t14-/m1/s1. The maximum Gasteiger partial charge on any atom is 0.315 e. The van der Waals surface area contributed by atoms with Crippen LogP contribution in [0.2, 0.25) is 0 Å². The number of thiophene rings is 1. The van der Waals surface area contributed by atoms with Gasteiger partial charge in [-0.2, -0.15) is 0 Å². The largest absolute Gasteiger partial charge is 0.355 e. The van der Waals surface area contributed by atoms with Gasteiger partial charge in [-0.25, -0.2) is 4.79 Å². The van der Waals surface area contributed by atoms with Crippen LogP contribution in [0.4, 0.5) is 4.79 Å². The summed E-state index contributed by atoms with van der Waals surface area (Å²) in [5.74, 6) is 0.448. The van der Waals surface area contributed by atoms with E-state index in [1.165, 1.54) is 37.5 Å². The lowest BCUT2D eigenvalue weighted by Gasteiger charge is -2.24. The number of carbonyl (C=O) groups excluding carboxylic acids is 2. The molecule has 2 rings (SSSR count). The molecule has 1 saturated carbocycles. The molecule has 1 aromatic heterocycles. The molecule has 0 radical (unpaired) electrons. The molecular weight excluding hydrogens is 286 g/mol. The van der Waals surface area contributed by atoms with Gasteiger partial charge in [0.2, 0.25) is 5.91 Å². The van der Waals surface area contributed by atoms with Gasteiger partial charge in [-0.1, -0.05) is 18.9 Å². The van der Waals surface area contributed by atoms with Crippen LogP contribution < -0.4 is 16.0 Å². The first-order chi connectivity index (χ1) is 10.2. The first-order valence-corrected chi connectivity index (χ1v) is 8.37. The third-order valence-electron chi connectivity index (χ3n) is 3.79. The van der Waals surface area contributed by atoms with E-state index in [9.17, 15) is 9.59 Å². The lowest BCUT2D eigenvalue weighted by atomic mass is 9.97. The number of rotatable bonds is 6. The predicted molar refractivity (Wildman–Crippen MR) is 84.2 cm³/mol. The zero-order valence-electron chi connectivity index (χ0n) is 12.4. The van der Waals surface area contributed by atoms with Crippen molar-refractivity contribution in [3.63, 3.8) is 0 Å². The molecule has 21 heavy (non-hydrogen) atoms. The highest BCUT2D eigenvalue weighted by molar-refractivity contribution is 7.10. The topological polar surface area (TPSA) is 70.2 Å². The van der Waals surface area contributed by atoms with E-state index in [2.05, 4.69) is 22.0 Å². The number of urea groups is 1. The third kappa shape index (κ3) is 5.04. The monoisotopic (exact) mass is 309 g/mol. The first-order valence-electron chi connectivity index (χ1n) is 7.49. The summed E-state index contributed by atoms with van der Waals surface area (Å²) >= 11 is 1.69. The van der Waals surface area contributed by atoms with Gasteiger partial charge in [0.15, 0.2) is 0 Å². The lowest BCUT2D eigenvalue weighted by molar-refractivity contribution is -0.118. The molecule has 1 aliphatic carbocycles. The highest BCUT2D eigenvalue weighted by Crippen LogP contribution is 2.37. The van der Waals surface area contributed by atoms with Crippen molar-refractivity contribution in [2.45, 2.75) is 38.6 Å². The van der Waals surface area contributed by atoms with E-state index < -0.39 is 0 Å². The summed E-state index contributed by atoms with van der Waals surface area (Å²) < 4.78 is 0. The highest BCUT2D eigenvalue weighted by atomic mass is 32.1. The Hall–Kier alpha value is -1.56. The van der Waals surface area contributed by atoms with E-state index in [4.69, 9.17) is 0 Å². The Labute approximate surface area is 129 Å². The minimum atomic E-state index is -0.161. The van der Waals surface area contributed by atoms with Crippen molar-refractivity contribution >= 4 is 23.3 Å². The average Bonchev–Trinajstić information content (AvgIpc) is 3.13. The van der Waals surface area contributed by atoms with Crippen molar-refractivity contribution in [3.05, 3.63) is 22.4 Å². The maximum absolute atomic E-state index is 12.0. The average molecular weight is 309 g/mol. The molecule has 0 saturated heterocycles. The molecule has 3 N–H and O–H groups in total. The quantitative estimate of drug-likeness (QED) is 0.706. The van der Waals surface area contributed by atoms with Gasteiger partial charge in [-0.3, -0.25) is 4.79 Å². The van der Waals surface area contributed by atoms with Crippen LogP contribution in [0.25, 0.3) is 0 Å². The summed E-state index contributed by atoms with van der Waals surface area (Å²) in [5.41, 5.74) is 0. The van der Waals surface area contributed by atoms with Gasteiger partial charge in [0.1, 0.15) is 0 Å². The molecule has 1 heterocycles. The zero-order chi connectivity index (χ0) is 15.1. The number of amides is 3. The molecule has 116 valence electrons. The van der Waals surface area contributed by atoms with Crippen LogP contribution in [0.3, 0.4) is 0 Å². The number of hydrogen-bond donors (Lipinski definition) is 3. The smallest absolute Gasteiger partial charge is 0.315 e. The predicted octanol–water partition coefficient (Wildman–Crippen LogP) is 2.41. The van der Waals surface area contributed by atoms with Crippen molar-refractivity contribution in [2.24, 2.45) is 5.92 Å². The molecule has 0 unspecified atom stereocenters. The van der Waals surface area contributed by atoms with Crippen molar-refractivity contribution in [2.75, 3.05) is 13.1 Å². The van der Waals surface area contributed by atoms with E-state index in [0.29, 0.717) is 19.0 Å². The Balaban J connectivity index is 1.83. The Kier molecular flexibility index (Phi) is 6.04. The maximum atomic E-state index is 12.0. The Morgan fingerprint density at radius 2 is 2.00 bits per heavy atom. The Morgan fingerprint density at radius 1 is 1.29 bits per heavy atom. The van der Waals surface area contributed by atoms with Crippen LogP contribution in [0, 0.1) is 5.92 Å². The summed E-state index contributed by atoms with van der Waals surface area (Å²) in [5, 5.41) is 10.6. The van der Waals surface area contributed by atoms with Crippen LogP contribution in [-0.4, -0.2) is 25.0 Å². The summed E-state index contributed by atoms with van der Waals surface area (Å²) in [4.78, 5) is 24.0. The molecule has 0 aromatic carbocycles. The molecule has 1 atom stereocenters. The second-order valence-corrected chi connectivity index (χ2v) is 6.40. The van der Waals surface area contributed by atoms with Crippen LogP contribution in [-0.2, 0) is 4.79 Å².